The molecule has 0 radical (unpaired) electrons. The molecule has 0 spiro atoms. The van der Waals surface area contributed by atoms with Crippen LogP contribution in [0.3, 0.4) is 0 Å². The minimum atomic E-state index is -0.848. The summed E-state index contributed by atoms with van der Waals surface area (Å²) in [4.78, 5) is 13.4. The van der Waals surface area contributed by atoms with E-state index in [0.29, 0.717) is 18.5 Å². The zero-order valence-electron chi connectivity index (χ0n) is 7.37. The topological polar surface area (TPSA) is 32.3 Å². The number of rotatable bonds is 1. The van der Waals surface area contributed by atoms with Crippen molar-refractivity contribution in [1.82, 2.24) is 10.2 Å². The number of carbonyl (C=O) groups excluding carboxylic acids is 1. The summed E-state index contributed by atoms with van der Waals surface area (Å²) in [6, 6.07) is 0.971. The first-order valence-electron chi connectivity index (χ1n) is 4.93. The summed E-state index contributed by atoms with van der Waals surface area (Å²) in [6.45, 7) is 1.58. The Morgan fingerprint density at radius 1 is 1.31 bits per heavy atom. The largest absolute Gasteiger partial charge is 0.339 e. The lowest BCUT2D eigenvalue weighted by molar-refractivity contribution is -0.137. The van der Waals surface area contributed by atoms with Crippen molar-refractivity contribution in [3.63, 3.8) is 0 Å². The van der Waals surface area contributed by atoms with Gasteiger partial charge in [-0.1, -0.05) is 0 Å². The van der Waals surface area contributed by atoms with Gasteiger partial charge in [0.2, 0.25) is 5.91 Å². The summed E-state index contributed by atoms with van der Waals surface area (Å²) in [6.07, 6.45) is 0.796. The number of piperazine rings is 1. The maximum atomic E-state index is 12.6. The predicted molar refractivity (Wildman–Crippen MR) is 44.9 cm³/mol. The third kappa shape index (κ3) is 1.15. The van der Waals surface area contributed by atoms with Gasteiger partial charge in [-0.25, -0.2) is 4.39 Å². The lowest BCUT2D eigenvalue weighted by Gasteiger charge is -2.48. The highest BCUT2D eigenvalue weighted by molar-refractivity contribution is 5.82. The maximum absolute atomic E-state index is 12.6. The summed E-state index contributed by atoms with van der Waals surface area (Å²) >= 11 is 0. The van der Waals surface area contributed by atoms with E-state index in [0.717, 1.165) is 13.1 Å². The molecule has 3 aliphatic heterocycles. The molecule has 2 bridgehead atoms. The van der Waals surface area contributed by atoms with Gasteiger partial charge in [-0.3, -0.25) is 4.79 Å². The Morgan fingerprint density at radius 2 is 1.85 bits per heavy atom. The second-order valence-electron chi connectivity index (χ2n) is 4.40. The summed E-state index contributed by atoms with van der Waals surface area (Å²) in [5.74, 6) is -0.249. The molecular formula is C9H13FN2O. The molecule has 2 unspecified atom stereocenters. The molecule has 0 aromatic rings. The Bertz CT molecular complexity index is 242. The molecule has 13 heavy (non-hydrogen) atoms. The van der Waals surface area contributed by atoms with Crippen LogP contribution in [0.15, 0.2) is 0 Å². The highest BCUT2D eigenvalue weighted by Gasteiger charge is 2.48. The SMILES string of the molecule is O=C(C1CC1F)N1C[C@H]2C[C@@H](C1)N2. The summed E-state index contributed by atoms with van der Waals surface area (Å²) in [7, 11) is 0. The first kappa shape index (κ1) is 7.74. The van der Waals surface area contributed by atoms with Gasteiger partial charge in [0, 0.05) is 25.2 Å². The highest BCUT2D eigenvalue weighted by atomic mass is 19.1. The number of amides is 1. The number of halogens is 1. The Balaban J connectivity index is 1.63. The van der Waals surface area contributed by atoms with E-state index in [1.807, 2.05) is 4.90 Å². The van der Waals surface area contributed by atoms with Gasteiger partial charge < -0.3 is 10.2 Å². The molecule has 4 heteroatoms. The molecule has 4 rings (SSSR count). The van der Waals surface area contributed by atoms with Gasteiger partial charge in [0.1, 0.15) is 6.17 Å². The number of piperidine rings is 1. The van der Waals surface area contributed by atoms with Crippen LogP contribution >= 0.6 is 0 Å². The summed E-state index contributed by atoms with van der Waals surface area (Å²) in [5.41, 5.74) is 0. The number of fused-ring (bicyclic) bond motifs is 2. The van der Waals surface area contributed by atoms with Gasteiger partial charge >= 0.3 is 0 Å². The second kappa shape index (κ2) is 2.44. The van der Waals surface area contributed by atoms with E-state index in [4.69, 9.17) is 0 Å². The lowest BCUT2D eigenvalue weighted by Crippen LogP contribution is -2.67. The average molecular weight is 184 g/mol. The van der Waals surface area contributed by atoms with Crippen LogP contribution in [-0.4, -0.2) is 42.2 Å². The first-order valence-corrected chi connectivity index (χ1v) is 4.93. The minimum Gasteiger partial charge on any atom is -0.339 e. The van der Waals surface area contributed by atoms with Crippen molar-refractivity contribution in [2.75, 3.05) is 13.1 Å². The van der Waals surface area contributed by atoms with E-state index < -0.39 is 6.17 Å². The molecule has 4 aliphatic rings. The summed E-state index contributed by atoms with van der Waals surface area (Å²) in [5, 5.41) is 3.35. The van der Waals surface area contributed by atoms with Crippen molar-refractivity contribution >= 4 is 5.91 Å². The molecule has 1 amide bonds. The molecule has 1 saturated carbocycles. The summed E-state index contributed by atoms with van der Waals surface area (Å²) < 4.78 is 12.6. The van der Waals surface area contributed by atoms with Crippen molar-refractivity contribution < 1.29 is 9.18 Å². The minimum absolute atomic E-state index is 0.0451. The van der Waals surface area contributed by atoms with Crippen molar-refractivity contribution in [1.29, 1.82) is 0 Å². The molecule has 1 N–H and O–H groups in total. The molecule has 4 fully saturated rings. The fraction of sp³-hybridized carbons (Fsp3) is 0.889. The Kier molecular flexibility index (Phi) is 1.45. The van der Waals surface area contributed by atoms with E-state index in [1.54, 1.807) is 0 Å². The van der Waals surface area contributed by atoms with Crippen LogP contribution in [0.25, 0.3) is 0 Å². The maximum Gasteiger partial charge on any atom is 0.228 e. The van der Waals surface area contributed by atoms with Gasteiger partial charge in [-0.2, -0.15) is 0 Å². The monoisotopic (exact) mass is 184 g/mol. The molecule has 3 heterocycles. The van der Waals surface area contributed by atoms with Crippen LogP contribution in [0.2, 0.25) is 0 Å². The predicted octanol–water partition coefficient (Wildman–Crippen LogP) is -0.0829. The fourth-order valence-corrected chi connectivity index (χ4v) is 2.35. The zero-order chi connectivity index (χ0) is 9.00. The van der Waals surface area contributed by atoms with Crippen LogP contribution in [0.4, 0.5) is 4.39 Å². The van der Waals surface area contributed by atoms with Gasteiger partial charge in [-0.15, -0.1) is 0 Å². The molecule has 3 nitrogen and oxygen atoms in total. The highest BCUT2D eigenvalue weighted by Crippen LogP contribution is 2.36. The van der Waals surface area contributed by atoms with Crippen LogP contribution in [0, 0.1) is 5.92 Å². The van der Waals surface area contributed by atoms with Gasteiger partial charge in [-0.05, 0) is 12.8 Å². The van der Waals surface area contributed by atoms with Gasteiger partial charge in [0.25, 0.3) is 0 Å². The standard InChI is InChI=1S/C9H13FN2O/c10-8-2-7(8)9(13)12-3-5-1-6(4-12)11-5/h5-8,11H,1-4H2/t5-,6+,7?,8?. The Morgan fingerprint density at radius 3 is 2.31 bits per heavy atom. The van der Waals surface area contributed by atoms with Crippen LogP contribution in [-0.2, 0) is 4.79 Å². The van der Waals surface area contributed by atoms with E-state index in [-0.39, 0.29) is 11.8 Å². The van der Waals surface area contributed by atoms with Crippen LogP contribution in [0.5, 0.6) is 0 Å². The fourth-order valence-electron chi connectivity index (χ4n) is 2.35. The smallest absolute Gasteiger partial charge is 0.228 e. The van der Waals surface area contributed by atoms with Crippen LogP contribution in [0.1, 0.15) is 12.8 Å². The number of nitrogens with one attached hydrogen (secondary N) is 1. The third-order valence-corrected chi connectivity index (χ3v) is 3.26. The Labute approximate surface area is 76.3 Å². The number of nitrogens with zero attached hydrogens (tertiary/aromatic N) is 1. The van der Waals surface area contributed by atoms with E-state index >= 15 is 0 Å². The quantitative estimate of drug-likeness (QED) is 0.618. The number of alkyl halides is 1. The molecule has 72 valence electrons. The van der Waals surface area contributed by atoms with Crippen LogP contribution < -0.4 is 5.32 Å². The van der Waals surface area contributed by atoms with Crippen molar-refractivity contribution in [2.45, 2.75) is 31.1 Å². The number of hydrogen-bond donors (Lipinski definition) is 1. The van der Waals surface area contributed by atoms with Crippen molar-refractivity contribution in [3.8, 4) is 0 Å². The molecule has 3 saturated heterocycles. The second-order valence-corrected chi connectivity index (χ2v) is 4.40. The molecular weight excluding hydrogens is 171 g/mol. The van der Waals surface area contributed by atoms with Gasteiger partial charge in [0.15, 0.2) is 0 Å². The lowest BCUT2D eigenvalue weighted by atomic mass is 9.91. The number of carbonyl (C=O) groups is 1. The van der Waals surface area contributed by atoms with E-state index in [2.05, 4.69) is 5.32 Å². The van der Waals surface area contributed by atoms with Gasteiger partial charge in [0.05, 0.1) is 5.92 Å². The molecule has 1 aliphatic carbocycles. The number of hydrogen-bond acceptors (Lipinski definition) is 2. The van der Waals surface area contributed by atoms with Crippen molar-refractivity contribution in [3.05, 3.63) is 0 Å². The van der Waals surface area contributed by atoms with E-state index in [1.165, 1.54) is 6.42 Å². The molecule has 4 atom stereocenters. The zero-order valence-corrected chi connectivity index (χ0v) is 7.37. The average Bonchev–Trinajstić information content (AvgIpc) is 2.80. The molecule has 0 aromatic carbocycles. The third-order valence-electron chi connectivity index (χ3n) is 3.26. The normalized spacial score (nSPS) is 47.0. The Hall–Kier alpha value is -0.640. The molecule has 0 aromatic heterocycles. The van der Waals surface area contributed by atoms with E-state index in [9.17, 15) is 9.18 Å². The first-order chi connectivity index (χ1) is 6.24. The van der Waals surface area contributed by atoms with Crippen molar-refractivity contribution in [2.24, 2.45) is 5.92 Å².